The largest absolute Gasteiger partial charge is 0.487 e. The molecule has 0 saturated carbocycles. The number of fused-ring (bicyclic) bond motifs is 1. The highest BCUT2D eigenvalue weighted by atomic mass is 35.5. The predicted molar refractivity (Wildman–Crippen MR) is 174 cm³/mol. The van der Waals surface area contributed by atoms with Gasteiger partial charge in [-0.15, -0.1) is 0 Å². The van der Waals surface area contributed by atoms with Gasteiger partial charge in [-0.2, -0.15) is 0 Å². The highest BCUT2D eigenvalue weighted by Gasteiger charge is 2.12. The first kappa shape index (κ1) is 34.8. The first-order chi connectivity index (χ1) is 22.4. The van der Waals surface area contributed by atoms with E-state index in [1.54, 1.807) is 24.3 Å². The minimum absolute atomic E-state index is 0.0664. The number of carbonyl (C=O) groups is 2. The van der Waals surface area contributed by atoms with Crippen LogP contribution in [0.15, 0.2) is 83.5 Å². The van der Waals surface area contributed by atoms with Crippen molar-refractivity contribution >= 4 is 55.8 Å². The fourth-order valence-electron chi connectivity index (χ4n) is 4.16. The van der Waals surface area contributed by atoms with Gasteiger partial charge in [0.05, 0.1) is 22.8 Å². The summed E-state index contributed by atoms with van der Waals surface area (Å²) in [5.74, 6) is -0.452. The lowest BCUT2D eigenvalue weighted by Crippen LogP contribution is -2.21. The van der Waals surface area contributed by atoms with E-state index in [4.69, 9.17) is 31.0 Å². The van der Waals surface area contributed by atoms with Crippen molar-refractivity contribution in [1.82, 2.24) is 15.3 Å². The molecule has 5 aromatic rings. The summed E-state index contributed by atoms with van der Waals surface area (Å²) in [6.07, 6.45) is 1.89. The highest BCUT2D eigenvalue weighted by Crippen LogP contribution is 2.33. The quantitative estimate of drug-likeness (QED) is 0.0881. The second-order valence-electron chi connectivity index (χ2n) is 10.2. The van der Waals surface area contributed by atoms with E-state index in [1.807, 2.05) is 36.4 Å². The van der Waals surface area contributed by atoms with Crippen molar-refractivity contribution in [3.8, 4) is 17.1 Å². The Kier molecular flexibility index (Phi) is 11.8. The van der Waals surface area contributed by atoms with E-state index in [2.05, 4.69) is 20.6 Å². The molecule has 3 aromatic carbocycles. The van der Waals surface area contributed by atoms with E-state index in [0.29, 0.717) is 52.5 Å². The molecule has 0 radical (unpaired) electrons. The van der Waals surface area contributed by atoms with Crippen molar-refractivity contribution in [1.29, 1.82) is 0 Å². The number of anilines is 2. The average molecular weight is 685 g/mol. The number of nitrogens with one attached hydrogen (secondary N) is 2. The lowest BCUT2D eigenvalue weighted by Gasteiger charge is -2.12. The molecule has 246 valence electrons. The number of aromatic nitrogens is 2. The van der Waals surface area contributed by atoms with E-state index in [-0.39, 0.29) is 18.2 Å². The van der Waals surface area contributed by atoms with Crippen LogP contribution in [-0.2, 0) is 32.6 Å². The van der Waals surface area contributed by atoms with Crippen LogP contribution in [0.1, 0.15) is 17.7 Å². The van der Waals surface area contributed by atoms with Crippen molar-refractivity contribution in [2.45, 2.75) is 19.6 Å². The van der Waals surface area contributed by atoms with Crippen molar-refractivity contribution in [2.75, 3.05) is 23.9 Å². The van der Waals surface area contributed by atoms with Crippen molar-refractivity contribution < 1.29 is 41.8 Å². The zero-order valence-corrected chi connectivity index (χ0v) is 26.5. The van der Waals surface area contributed by atoms with Gasteiger partial charge in [0.25, 0.3) is 0 Å². The number of carboxylic acid groups (broad SMARTS) is 2. The van der Waals surface area contributed by atoms with Gasteiger partial charge in [0.15, 0.2) is 0 Å². The van der Waals surface area contributed by atoms with Gasteiger partial charge < -0.3 is 30.0 Å². The summed E-state index contributed by atoms with van der Waals surface area (Å²) in [7, 11) is -3.02. The molecule has 2 heterocycles. The van der Waals surface area contributed by atoms with Crippen LogP contribution in [0.5, 0.6) is 5.75 Å². The maximum Gasteiger partial charge on any atom is 0.314 e. The molecule has 0 aliphatic rings. The second-order valence-corrected chi connectivity index (χ2v) is 12.8. The highest BCUT2D eigenvalue weighted by molar-refractivity contribution is 7.90. The van der Waals surface area contributed by atoms with Gasteiger partial charge in [-0.3, -0.25) is 9.59 Å². The standard InChI is InChI=1S/C29H26ClFN4O4S.C3H4O4/c1-40(36,37)12-11-32-16-23-7-10-27(39-23)20-5-8-26-24(14-20)29(34-18-33-26)35-22-6-9-28(25(30)15-22)38-17-19-3-2-4-21(31)13-19;4-2(5)1-3(6)7/h2-10,13-15,18,32H,11-12,16-17H2,1H3,(H,33,34,35);1H2,(H,4,5)(H,6,7). The fraction of sp³-hybridized carbons (Fsp3) is 0.188. The van der Waals surface area contributed by atoms with Gasteiger partial charge in [0.2, 0.25) is 0 Å². The van der Waals surface area contributed by atoms with Crippen LogP contribution < -0.4 is 15.4 Å². The molecule has 4 N–H and O–H groups in total. The van der Waals surface area contributed by atoms with E-state index in [9.17, 15) is 22.4 Å². The van der Waals surface area contributed by atoms with Crippen LogP contribution >= 0.6 is 11.6 Å². The summed E-state index contributed by atoms with van der Waals surface area (Å²) in [5, 5.41) is 23.0. The number of furan rings is 1. The number of aliphatic carboxylic acids is 2. The summed E-state index contributed by atoms with van der Waals surface area (Å²) in [6.45, 7) is 0.956. The van der Waals surface area contributed by atoms with Crippen LogP contribution in [-0.4, -0.2) is 59.1 Å². The van der Waals surface area contributed by atoms with Crippen molar-refractivity contribution in [3.63, 3.8) is 0 Å². The predicted octanol–water partition coefficient (Wildman–Crippen LogP) is 5.68. The first-order valence-corrected chi connectivity index (χ1v) is 16.4. The minimum Gasteiger partial charge on any atom is -0.487 e. The number of hydrogen-bond acceptors (Lipinski definition) is 10. The van der Waals surface area contributed by atoms with E-state index in [0.717, 1.165) is 16.5 Å². The number of benzene rings is 3. The van der Waals surface area contributed by atoms with E-state index >= 15 is 0 Å². The third-order valence-electron chi connectivity index (χ3n) is 6.31. The summed E-state index contributed by atoms with van der Waals surface area (Å²) in [4.78, 5) is 27.7. The van der Waals surface area contributed by atoms with Gasteiger partial charge >= 0.3 is 11.9 Å². The lowest BCUT2D eigenvalue weighted by molar-refractivity contribution is -0.147. The van der Waals surface area contributed by atoms with Crippen LogP contribution in [0.4, 0.5) is 15.9 Å². The minimum atomic E-state index is -3.02. The van der Waals surface area contributed by atoms with Gasteiger partial charge in [0.1, 0.15) is 58.1 Å². The third kappa shape index (κ3) is 11.1. The Morgan fingerprint density at radius 2 is 1.79 bits per heavy atom. The molecule has 5 rings (SSSR count). The maximum atomic E-state index is 13.4. The molecule has 47 heavy (non-hydrogen) atoms. The Balaban J connectivity index is 0.000000644. The van der Waals surface area contributed by atoms with E-state index in [1.165, 1.54) is 24.7 Å². The number of nitrogens with zero attached hydrogens (tertiary/aromatic N) is 2. The van der Waals surface area contributed by atoms with Crippen molar-refractivity contribution in [2.24, 2.45) is 0 Å². The third-order valence-corrected chi connectivity index (χ3v) is 7.55. The smallest absolute Gasteiger partial charge is 0.314 e. The summed E-state index contributed by atoms with van der Waals surface area (Å²) in [5.41, 5.74) is 2.99. The van der Waals surface area contributed by atoms with Crippen LogP contribution in [0.2, 0.25) is 5.02 Å². The van der Waals surface area contributed by atoms with E-state index < -0.39 is 28.2 Å². The number of hydrogen-bond donors (Lipinski definition) is 4. The molecular weight excluding hydrogens is 655 g/mol. The SMILES string of the molecule is CS(=O)(=O)CCNCc1ccc(-c2ccc3ncnc(Nc4ccc(OCc5cccc(F)c5)c(Cl)c4)c3c2)o1.O=C(O)CC(=O)O. The molecule has 0 aliphatic carbocycles. The van der Waals surface area contributed by atoms with Gasteiger partial charge in [-0.1, -0.05) is 23.7 Å². The molecule has 0 bridgehead atoms. The molecule has 2 aromatic heterocycles. The van der Waals surface area contributed by atoms with Crippen LogP contribution in [0.25, 0.3) is 22.2 Å². The van der Waals surface area contributed by atoms with Gasteiger partial charge in [-0.05, 0) is 66.2 Å². The average Bonchev–Trinajstić information content (AvgIpc) is 3.47. The zero-order chi connectivity index (χ0) is 34.0. The fourth-order valence-corrected chi connectivity index (χ4v) is 4.91. The molecule has 12 nitrogen and oxygen atoms in total. The maximum absolute atomic E-state index is 13.4. The molecule has 0 atom stereocenters. The molecule has 0 fully saturated rings. The Bertz CT molecular complexity index is 1980. The number of sulfone groups is 1. The molecule has 0 unspecified atom stereocenters. The zero-order valence-electron chi connectivity index (χ0n) is 24.9. The van der Waals surface area contributed by atoms with Crippen LogP contribution in [0.3, 0.4) is 0 Å². The van der Waals surface area contributed by atoms with Crippen LogP contribution in [0, 0.1) is 5.82 Å². The summed E-state index contributed by atoms with van der Waals surface area (Å²) < 4.78 is 47.8. The normalized spacial score (nSPS) is 11.0. The molecule has 15 heteroatoms. The first-order valence-electron chi connectivity index (χ1n) is 14.0. The Hall–Kier alpha value is -5.05. The molecule has 0 saturated heterocycles. The monoisotopic (exact) mass is 684 g/mol. The number of rotatable bonds is 13. The number of ether oxygens (including phenoxy) is 1. The molecule has 0 amide bonds. The molecule has 0 spiro atoms. The van der Waals surface area contributed by atoms with Gasteiger partial charge in [-0.25, -0.2) is 22.8 Å². The second kappa shape index (κ2) is 16.0. The van der Waals surface area contributed by atoms with Gasteiger partial charge in [0, 0.05) is 29.4 Å². The Labute approximate surface area is 274 Å². The number of halogens is 2. The Morgan fingerprint density at radius 3 is 2.47 bits per heavy atom. The summed E-state index contributed by atoms with van der Waals surface area (Å²) in [6, 6.07) is 21.0. The Morgan fingerprint density at radius 1 is 1.00 bits per heavy atom. The number of carboxylic acids is 2. The van der Waals surface area contributed by atoms with Crippen molar-refractivity contribution in [3.05, 3.63) is 101 Å². The summed E-state index contributed by atoms with van der Waals surface area (Å²) >= 11 is 6.47. The topological polar surface area (TPSA) is 181 Å². The molecular formula is C32H30ClFN4O8S. The lowest BCUT2D eigenvalue weighted by atomic mass is 10.1. The molecule has 0 aliphatic heterocycles.